The van der Waals surface area contributed by atoms with E-state index in [1.807, 2.05) is 30.3 Å². The summed E-state index contributed by atoms with van der Waals surface area (Å²) in [7, 11) is 0. The Balaban J connectivity index is 1.97. The van der Waals surface area contributed by atoms with Crippen LogP contribution in [0.25, 0.3) is 11.2 Å². The van der Waals surface area contributed by atoms with E-state index in [1.165, 1.54) is 10.9 Å². The molecule has 0 saturated carbocycles. The van der Waals surface area contributed by atoms with Gasteiger partial charge in [0.1, 0.15) is 12.4 Å². The van der Waals surface area contributed by atoms with E-state index in [9.17, 15) is 9.59 Å². The SMILES string of the molecule is CCOC(=O)C(C)n1cnc2c(nnn2Cc2ccccc2)c1=O. The monoisotopic (exact) mass is 327 g/mol. The Morgan fingerprint density at radius 3 is 2.75 bits per heavy atom. The molecule has 0 amide bonds. The van der Waals surface area contributed by atoms with Gasteiger partial charge >= 0.3 is 5.97 Å². The molecular formula is C16H17N5O3. The van der Waals surface area contributed by atoms with Crippen molar-refractivity contribution in [3.8, 4) is 0 Å². The minimum Gasteiger partial charge on any atom is -0.464 e. The van der Waals surface area contributed by atoms with Crippen LogP contribution in [0.5, 0.6) is 0 Å². The van der Waals surface area contributed by atoms with Gasteiger partial charge in [-0.3, -0.25) is 9.36 Å². The fraction of sp³-hybridized carbons (Fsp3) is 0.312. The van der Waals surface area contributed by atoms with Gasteiger partial charge in [0.15, 0.2) is 11.2 Å². The van der Waals surface area contributed by atoms with Gasteiger partial charge in [0, 0.05) is 0 Å². The van der Waals surface area contributed by atoms with Crippen LogP contribution in [0.2, 0.25) is 0 Å². The van der Waals surface area contributed by atoms with Gasteiger partial charge in [-0.1, -0.05) is 35.5 Å². The molecule has 8 nitrogen and oxygen atoms in total. The molecule has 0 spiro atoms. The lowest BCUT2D eigenvalue weighted by atomic mass is 10.2. The highest BCUT2D eigenvalue weighted by Crippen LogP contribution is 2.10. The fourth-order valence-corrected chi connectivity index (χ4v) is 2.38. The van der Waals surface area contributed by atoms with Crippen LogP contribution in [-0.2, 0) is 16.1 Å². The van der Waals surface area contributed by atoms with Gasteiger partial charge in [0.05, 0.1) is 13.2 Å². The Morgan fingerprint density at radius 1 is 1.29 bits per heavy atom. The smallest absolute Gasteiger partial charge is 0.328 e. The molecule has 2 aromatic heterocycles. The maximum Gasteiger partial charge on any atom is 0.328 e. The van der Waals surface area contributed by atoms with Crippen molar-refractivity contribution in [1.29, 1.82) is 0 Å². The first-order chi connectivity index (χ1) is 11.6. The van der Waals surface area contributed by atoms with Gasteiger partial charge in [-0.25, -0.2) is 14.5 Å². The summed E-state index contributed by atoms with van der Waals surface area (Å²) < 4.78 is 7.71. The molecule has 3 rings (SSSR count). The summed E-state index contributed by atoms with van der Waals surface area (Å²) in [5, 5.41) is 7.94. The molecular weight excluding hydrogens is 310 g/mol. The number of carbonyl (C=O) groups is 1. The molecule has 0 bridgehead atoms. The maximum absolute atomic E-state index is 12.5. The van der Waals surface area contributed by atoms with E-state index in [2.05, 4.69) is 15.3 Å². The summed E-state index contributed by atoms with van der Waals surface area (Å²) in [5.74, 6) is -0.488. The number of aromatic nitrogens is 5. The summed E-state index contributed by atoms with van der Waals surface area (Å²) >= 11 is 0. The lowest BCUT2D eigenvalue weighted by Crippen LogP contribution is -2.29. The summed E-state index contributed by atoms with van der Waals surface area (Å²) in [6, 6.07) is 8.92. The van der Waals surface area contributed by atoms with Gasteiger partial charge in [-0.15, -0.1) is 5.10 Å². The average Bonchev–Trinajstić information content (AvgIpc) is 3.00. The number of carbonyl (C=O) groups excluding carboxylic acids is 1. The summed E-state index contributed by atoms with van der Waals surface area (Å²) in [6.45, 7) is 4.01. The number of benzene rings is 1. The van der Waals surface area contributed by atoms with E-state index >= 15 is 0 Å². The first kappa shape index (κ1) is 15.9. The number of hydrogen-bond donors (Lipinski definition) is 0. The molecule has 1 unspecified atom stereocenters. The number of rotatable bonds is 5. The van der Waals surface area contributed by atoms with Gasteiger partial charge in [0.25, 0.3) is 5.56 Å². The molecule has 0 fully saturated rings. The molecule has 24 heavy (non-hydrogen) atoms. The minimum atomic E-state index is -0.770. The van der Waals surface area contributed by atoms with E-state index in [-0.39, 0.29) is 12.1 Å². The first-order valence-corrected chi connectivity index (χ1v) is 7.62. The van der Waals surface area contributed by atoms with Crippen LogP contribution in [0.3, 0.4) is 0 Å². The highest BCUT2D eigenvalue weighted by atomic mass is 16.5. The molecule has 0 saturated heterocycles. The molecule has 1 atom stereocenters. The zero-order valence-electron chi connectivity index (χ0n) is 13.4. The van der Waals surface area contributed by atoms with Crippen LogP contribution >= 0.6 is 0 Å². The van der Waals surface area contributed by atoms with Crippen LogP contribution in [0.1, 0.15) is 25.5 Å². The van der Waals surface area contributed by atoms with E-state index in [1.54, 1.807) is 18.5 Å². The Bertz CT molecular complexity index is 916. The zero-order chi connectivity index (χ0) is 17.1. The van der Waals surface area contributed by atoms with Crippen molar-refractivity contribution in [2.45, 2.75) is 26.4 Å². The topological polar surface area (TPSA) is 91.9 Å². The largest absolute Gasteiger partial charge is 0.464 e. The zero-order valence-corrected chi connectivity index (χ0v) is 13.4. The maximum atomic E-state index is 12.5. The Morgan fingerprint density at radius 2 is 2.04 bits per heavy atom. The predicted octanol–water partition coefficient (Wildman–Crippen LogP) is 1.16. The predicted molar refractivity (Wildman–Crippen MR) is 86.5 cm³/mol. The number of hydrogen-bond acceptors (Lipinski definition) is 6. The fourth-order valence-electron chi connectivity index (χ4n) is 2.38. The highest BCUT2D eigenvalue weighted by molar-refractivity contribution is 5.74. The molecule has 3 aromatic rings. The van der Waals surface area contributed by atoms with Crippen molar-refractivity contribution in [2.24, 2.45) is 0 Å². The number of fused-ring (bicyclic) bond motifs is 1. The molecule has 1 aromatic carbocycles. The van der Waals surface area contributed by atoms with Gasteiger partial charge < -0.3 is 4.74 Å². The Labute approximate surface area is 137 Å². The molecule has 0 aliphatic heterocycles. The summed E-state index contributed by atoms with van der Waals surface area (Å²) in [5.41, 5.74) is 1.12. The Hall–Kier alpha value is -3.03. The molecule has 8 heteroatoms. The van der Waals surface area contributed by atoms with E-state index in [4.69, 9.17) is 4.74 Å². The van der Waals surface area contributed by atoms with E-state index in [0.717, 1.165) is 5.56 Å². The third-order valence-corrected chi connectivity index (χ3v) is 3.67. The lowest BCUT2D eigenvalue weighted by molar-refractivity contribution is -0.146. The third-order valence-electron chi connectivity index (χ3n) is 3.67. The number of esters is 1. The second-order valence-electron chi connectivity index (χ2n) is 5.29. The average molecular weight is 327 g/mol. The quantitative estimate of drug-likeness (QED) is 0.653. The molecule has 0 radical (unpaired) electrons. The summed E-state index contributed by atoms with van der Waals surface area (Å²) in [6.07, 6.45) is 1.33. The van der Waals surface area contributed by atoms with Crippen molar-refractivity contribution in [3.05, 3.63) is 52.6 Å². The van der Waals surface area contributed by atoms with E-state index < -0.39 is 17.6 Å². The van der Waals surface area contributed by atoms with Crippen LogP contribution < -0.4 is 5.56 Å². The number of ether oxygens (including phenoxy) is 1. The number of nitrogens with zero attached hydrogens (tertiary/aromatic N) is 5. The molecule has 2 heterocycles. The van der Waals surface area contributed by atoms with Gasteiger partial charge in [0.2, 0.25) is 0 Å². The summed E-state index contributed by atoms with van der Waals surface area (Å²) in [4.78, 5) is 28.6. The molecule has 0 aliphatic rings. The first-order valence-electron chi connectivity index (χ1n) is 7.62. The van der Waals surface area contributed by atoms with Crippen molar-refractivity contribution in [2.75, 3.05) is 6.61 Å². The molecule has 124 valence electrons. The molecule has 0 aliphatic carbocycles. The Kier molecular flexibility index (Phi) is 4.37. The third kappa shape index (κ3) is 2.90. The standard InChI is InChI=1S/C16H17N5O3/c1-3-24-16(23)11(2)20-10-17-14-13(15(20)22)18-19-21(14)9-12-7-5-4-6-8-12/h4-8,10-11H,3,9H2,1-2H3. The molecule has 0 N–H and O–H groups in total. The van der Waals surface area contributed by atoms with Crippen LogP contribution in [0.4, 0.5) is 0 Å². The van der Waals surface area contributed by atoms with Crippen LogP contribution in [-0.4, -0.2) is 37.1 Å². The van der Waals surface area contributed by atoms with E-state index in [0.29, 0.717) is 12.2 Å². The van der Waals surface area contributed by atoms with Gasteiger partial charge in [-0.2, -0.15) is 0 Å². The normalized spacial score (nSPS) is 12.2. The van der Waals surface area contributed by atoms with Crippen LogP contribution in [0, 0.1) is 0 Å². The van der Waals surface area contributed by atoms with Crippen LogP contribution in [0.15, 0.2) is 41.5 Å². The highest BCUT2D eigenvalue weighted by Gasteiger charge is 2.20. The second-order valence-corrected chi connectivity index (χ2v) is 5.29. The van der Waals surface area contributed by atoms with Crippen molar-refractivity contribution in [3.63, 3.8) is 0 Å². The van der Waals surface area contributed by atoms with Crippen molar-refractivity contribution < 1.29 is 9.53 Å². The van der Waals surface area contributed by atoms with Crippen molar-refractivity contribution in [1.82, 2.24) is 24.5 Å². The second kappa shape index (κ2) is 6.61. The van der Waals surface area contributed by atoms with Gasteiger partial charge in [-0.05, 0) is 19.4 Å². The van der Waals surface area contributed by atoms with Crippen molar-refractivity contribution >= 4 is 17.1 Å². The lowest BCUT2D eigenvalue weighted by Gasteiger charge is -2.12. The minimum absolute atomic E-state index is 0.129.